The van der Waals surface area contributed by atoms with Gasteiger partial charge in [0.05, 0.1) is 6.61 Å². The smallest absolute Gasteiger partial charge is 0.0622 e. The maximum absolute atomic E-state index is 5.53. The lowest BCUT2D eigenvalue weighted by Crippen LogP contribution is -2.45. The van der Waals surface area contributed by atoms with E-state index in [1.807, 2.05) is 0 Å². The molecule has 2 rings (SSSR count). The van der Waals surface area contributed by atoms with E-state index in [0.717, 1.165) is 25.7 Å². The highest BCUT2D eigenvalue weighted by molar-refractivity contribution is 4.90. The fourth-order valence-corrected chi connectivity index (χ4v) is 3.67. The molecule has 3 heteroatoms. The minimum Gasteiger partial charge on any atom is -0.380 e. The molecule has 0 amide bonds. The number of rotatable bonds is 7. The number of hydrogen-bond acceptors (Lipinski definition) is 3. The van der Waals surface area contributed by atoms with Crippen molar-refractivity contribution in [2.45, 2.75) is 52.0 Å². The van der Waals surface area contributed by atoms with Crippen LogP contribution >= 0.6 is 0 Å². The fraction of sp³-hybridized carbons (Fsp3) is 1.00. The Morgan fingerprint density at radius 1 is 1.32 bits per heavy atom. The third kappa shape index (κ3) is 4.44. The Bertz CT molecular complexity index is 255. The van der Waals surface area contributed by atoms with Crippen molar-refractivity contribution in [3.63, 3.8) is 0 Å². The Hall–Kier alpha value is -0.120. The van der Waals surface area contributed by atoms with Gasteiger partial charge in [-0.15, -0.1) is 0 Å². The van der Waals surface area contributed by atoms with Gasteiger partial charge in [0.2, 0.25) is 0 Å². The third-order valence-electron chi connectivity index (χ3n) is 4.83. The second kappa shape index (κ2) is 7.05. The van der Waals surface area contributed by atoms with Gasteiger partial charge in [-0.3, -0.25) is 0 Å². The van der Waals surface area contributed by atoms with Crippen LogP contribution in [0.5, 0.6) is 0 Å². The normalized spacial score (nSPS) is 26.7. The van der Waals surface area contributed by atoms with Crippen LogP contribution in [0.4, 0.5) is 0 Å². The second-order valence-electron chi connectivity index (χ2n) is 7.16. The number of likely N-dealkylation sites (N-methyl/N-ethyl adjacent to an activating group) is 1. The molecule has 19 heavy (non-hydrogen) atoms. The quantitative estimate of drug-likeness (QED) is 0.768. The molecule has 1 saturated carbocycles. The Morgan fingerprint density at radius 3 is 2.63 bits per heavy atom. The molecule has 1 atom stereocenters. The van der Waals surface area contributed by atoms with Crippen molar-refractivity contribution in [3.05, 3.63) is 0 Å². The van der Waals surface area contributed by atoms with Crippen LogP contribution in [0.3, 0.4) is 0 Å². The van der Waals surface area contributed by atoms with E-state index in [0.29, 0.717) is 11.5 Å². The predicted octanol–water partition coefficient (Wildman–Crippen LogP) is 2.51. The highest BCUT2D eigenvalue weighted by Crippen LogP contribution is 2.38. The van der Waals surface area contributed by atoms with Crippen LogP contribution in [-0.2, 0) is 4.74 Å². The first-order valence-corrected chi connectivity index (χ1v) is 8.10. The monoisotopic (exact) mass is 268 g/mol. The van der Waals surface area contributed by atoms with Gasteiger partial charge in [-0.05, 0) is 44.2 Å². The summed E-state index contributed by atoms with van der Waals surface area (Å²) < 4.78 is 5.53. The Balaban J connectivity index is 1.83. The maximum atomic E-state index is 5.53. The zero-order valence-corrected chi connectivity index (χ0v) is 13.1. The molecule has 1 unspecified atom stereocenters. The topological polar surface area (TPSA) is 24.5 Å². The summed E-state index contributed by atoms with van der Waals surface area (Å²) in [4.78, 5) is 2.56. The molecule has 1 aliphatic carbocycles. The molecule has 3 nitrogen and oxygen atoms in total. The molecular weight excluding hydrogens is 236 g/mol. The van der Waals surface area contributed by atoms with Gasteiger partial charge in [-0.2, -0.15) is 0 Å². The molecule has 0 aromatic carbocycles. The van der Waals surface area contributed by atoms with Crippen LogP contribution in [0.2, 0.25) is 0 Å². The SMILES string of the molecule is CC(C)CNCC1(CN(C)C2CCOC2)CCCC1. The molecule has 1 aliphatic heterocycles. The van der Waals surface area contributed by atoms with Crippen molar-refractivity contribution in [2.75, 3.05) is 39.9 Å². The van der Waals surface area contributed by atoms with Crippen LogP contribution in [0.1, 0.15) is 46.0 Å². The Kier molecular flexibility index (Phi) is 5.67. The number of nitrogens with one attached hydrogen (secondary N) is 1. The molecule has 112 valence electrons. The standard InChI is InChI=1S/C16H32N2O/c1-14(2)10-17-12-16(7-4-5-8-16)13-18(3)15-6-9-19-11-15/h14-15,17H,4-13H2,1-3H3. The van der Waals surface area contributed by atoms with Crippen LogP contribution < -0.4 is 5.32 Å². The first-order chi connectivity index (χ1) is 9.11. The molecule has 1 heterocycles. The van der Waals surface area contributed by atoms with Crippen molar-refractivity contribution < 1.29 is 4.74 Å². The van der Waals surface area contributed by atoms with Crippen LogP contribution in [0.15, 0.2) is 0 Å². The van der Waals surface area contributed by atoms with Gasteiger partial charge in [0.15, 0.2) is 0 Å². The summed E-state index contributed by atoms with van der Waals surface area (Å²) in [5.74, 6) is 0.749. The molecule has 2 aliphatic rings. The van der Waals surface area contributed by atoms with Crippen molar-refractivity contribution in [1.29, 1.82) is 0 Å². The summed E-state index contributed by atoms with van der Waals surface area (Å²) in [6.45, 7) is 10.1. The van der Waals surface area contributed by atoms with E-state index in [9.17, 15) is 0 Å². The maximum Gasteiger partial charge on any atom is 0.0622 e. The van der Waals surface area contributed by atoms with Gasteiger partial charge in [0, 0.05) is 25.7 Å². The third-order valence-corrected chi connectivity index (χ3v) is 4.83. The van der Waals surface area contributed by atoms with Gasteiger partial charge >= 0.3 is 0 Å². The number of ether oxygens (including phenoxy) is 1. The molecule has 0 bridgehead atoms. The average molecular weight is 268 g/mol. The molecule has 0 spiro atoms. The lowest BCUT2D eigenvalue weighted by molar-refractivity contribution is 0.114. The summed E-state index contributed by atoms with van der Waals surface area (Å²) in [6, 6.07) is 0.655. The van der Waals surface area contributed by atoms with Crippen molar-refractivity contribution >= 4 is 0 Å². The van der Waals surface area contributed by atoms with Crippen molar-refractivity contribution in [2.24, 2.45) is 11.3 Å². The summed E-state index contributed by atoms with van der Waals surface area (Å²) >= 11 is 0. The molecule has 0 aromatic rings. The van der Waals surface area contributed by atoms with Gasteiger partial charge in [0.25, 0.3) is 0 Å². The highest BCUT2D eigenvalue weighted by atomic mass is 16.5. The lowest BCUT2D eigenvalue weighted by Gasteiger charge is -2.36. The zero-order chi connectivity index (χ0) is 13.7. The summed E-state index contributed by atoms with van der Waals surface area (Å²) in [6.07, 6.45) is 6.84. The largest absolute Gasteiger partial charge is 0.380 e. The highest BCUT2D eigenvalue weighted by Gasteiger charge is 2.36. The van der Waals surface area contributed by atoms with Crippen molar-refractivity contribution in [1.82, 2.24) is 10.2 Å². The van der Waals surface area contributed by atoms with Gasteiger partial charge in [-0.25, -0.2) is 0 Å². The van der Waals surface area contributed by atoms with E-state index in [1.165, 1.54) is 45.2 Å². The van der Waals surface area contributed by atoms with Crippen LogP contribution in [0.25, 0.3) is 0 Å². The molecule has 1 N–H and O–H groups in total. The fourth-order valence-electron chi connectivity index (χ4n) is 3.67. The predicted molar refractivity (Wildman–Crippen MR) is 80.5 cm³/mol. The molecule has 0 radical (unpaired) electrons. The summed E-state index contributed by atoms with van der Waals surface area (Å²) in [5.41, 5.74) is 0.520. The minimum atomic E-state index is 0.520. The van der Waals surface area contributed by atoms with E-state index >= 15 is 0 Å². The van der Waals surface area contributed by atoms with Gasteiger partial charge < -0.3 is 15.0 Å². The molecular formula is C16H32N2O. The summed E-state index contributed by atoms with van der Waals surface area (Å²) in [5, 5.41) is 3.71. The van der Waals surface area contributed by atoms with Crippen molar-refractivity contribution in [3.8, 4) is 0 Å². The summed E-state index contributed by atoms with van der Waals surface area (Å²) in [7, 11) is 2.29. The van der Waals surface area contributed by atoms with Gasteiger partial charge in [-0.1, -0.05) is 26.7 Å². The van der Waals surface area contributed by atoms with E-state index in [4.69, 9.17) is 4.74 Å². The van der Waals surface area contributed by atoms with E-state index in [1.54, 1.807) is 0 Å². The second-order valence-corrected chi connectivity index (χ2v) is 7.16. The lowest BCUT2D eigenvalue weighted by atomic mass is 9.85. The van der Waals surface area contributed by atoms with Gasteiger partial charge in [0.1, 0.15) is 0 Å². The first-order valence-electron chi connectivity index (χ1n) is 8.10. The van der Waals surface area contributed by atoms with E-state index < -0.39 is 0 Å². The molecule has 2 fully saturated rings. The Morgan fingerprint density at radius 2 is 2.05 bits per heavy atom. The van der Waals surface area contributed by atoms with Crippen LogP contribution in [0, 0.1) is 11.3 Å². The Labute approximate surface area is 119 Å². The van der Waals surface area contributed by atoms with Crippen LogP contribution in [-0.4, -0.2) is 50.8 Å². The molecule has 0 aromatic heterocycles. The number of hydrogen-bond donors (Lipinski definition) is 1. The van der Waals surface area contributed by atoms with E-state index in [-0.39, 0.29) is 0 Å². The van der Waals surface area contributed by atoms with E-state index in [2.05, 4.69) is 31.1 Å². The average Bonchev–Trinajstić information content (AvgIpc) is 2.99. The zero-order valence-electron chi connectivity index (χ0n) is 13.1. The minimum absolute atomic E-state index is 0.520. The first kappa shape index (κ1) is 15.3. The number of nitrogens with zero attached hydrogens (tertiary/aromatic N) is 1. The molecule has 1 saturated heterocycles.